The first kappa shape index (κ1) is 14.3. The van der Waals surface area contributed by atoms with Crippen LogP contribution in [0.25, 0.3) is 0 Å². The molecule has 0 saturated heterocycles. The molecule has 0 radical (unpaired) electrons. The Balaban J connectivity index is 2.21. The molecule has 0 spiro atoms. The first-order valence-corrected chi connectivity index (χ1v) is 7.72. The third kappa shape index (κ3) is 3.69. The van der Waals surface area contributed by atoms with Gasteiger partial charge in [0, 0.05) is 17.4 Å². The first-order valence-electron chi connectivity index (χ1n) is 6.85. The van der Waals surface area contributed by atoms with Gasteiger partial charge in [-0.25, -0.2) is 14.8 Å². The van der Waals surface area contributed by atoms with Crippen LogP contribution >= 0.6 is 11.8 Å². The highest BCUT2D eigenvalue weighted by Gasteiger charge is 2.21. The highest BCUT2D eigenvalue weighted by molar-refractivity contribution is 8.00. The average Bonchev–Trinajstić information content (AvgIpc) is 2.39. The van der Waals surface area contributed by atoms with Gasteiger partial charge in [0.05, 0.1) is 4.90 Å². The summed E-state index contributed by atoms with van der Waals surface area (Å²) in [5.74, 6) is -0.208. The summed E-state index contributed by atoms with van der Waals surface area (Å²) in [4.78, 5) is 20.5. The predicted octanol–water partition coefficient (Wildman–Crippen LogP) is 3.72. The van der Waals surface area contributed by atoms with Crippen LogP contribution in [0.15, 0.2) is 11.1 Å². The fraction of sp³-hybridized carbons (Fsp3) is 0.643. The van der Waals surface area contributed by atoms with E-state index in [0.717, 1.165) is 12.8 Å². The van der Waals surface area contributed by atoms with Gasteiger partial charge in [0.15, 0.2) is 5.69 Å². The van der Waals surface area contributed by atoms with Crippen molar-refractivity contribution in [2.24, 2.45) is 0 Å². The minimum Gasteiger partial charge on any atom is -0.476 e. The predicted molar refractivity (Wildman–Crippen MR) is 75.8 cm³/mol. The maximum absolute atomic E-state index is 11.3. The molecule has 0 atom stereocenters. The van der Waals surface area contributed by atoms with E-state index in [4.69, 9.17) is 0 Å². The number of carboxylic acid groups (broad SMARTS) is 1. The molecule has 1 aliphatic rings. The van der Waals surface area contributed by atoms with Gasteiger partial charge in [-0.2, -0.15) is 0 Å². The highest BCUT2D eigenvalue weighted by atomic mass is 32.2. The van der Waals surface area contributed by atoms with Gasteiger partial charge in [-0.15, -0.1) is 11.8 Å². The normalized spacial score (nSPS) is 16.8. The molecule has 1 aromatic heterocycles. The maximum Gasteiger partial charge on any atom is 0.355 e. The topological polar surface area (TPSA) is 63.1 Å². The van der Waals surface area contributed by atoms with Crippen LogP contribution in [0.5, 0.6) is 0 Å². The van der Waals surface area contributed by atoms with E-state index in [0.29, 0.717) is 16.0 Å². The number of carbonyl (C=O) groups is 1. The van der Waals surface area contributed by atoms with Crippen LogP contribution in [0.2, 0.25) is 0 Å². The van der Waals surface area contributed by atoms with E-state index < -0.39 is 5.97 Å². The Morgan fingerprint density at radius 1 is 1.37 bits per heavy atom. The van der Waals surface area contributed by atoms with Crippen LogP contribution in [0.3, 0.4) is 0 Å². The van der Waals surface area contributed by atoms with Crippen LogP contribution in [0.1, 0.15) is 68.2 Å². The van der Waals surface area contributed by atoms with E-state index in [2.05, 4.69) is 9.97 Å². The molecule has 2 rings (SSSR count). The fourth-order valence-electron chi connectivity index (χ4n) is 2.26. The van der Waals surface area contributed by atoms with Crippen molar-refractivity contribution in [2.75, 3.05) is 0 Å². The van der Waals surface area contributed by atoms with E-state index in [9.17, 15) is 9.90 Å². The lowest BCUT2D eigenvalue weighted by molar-refractivity contribution is 0.0685. The van der Waals surface area contributed by atoms with Gasteiger partial charge in [-0.3, -0.25) is 0 Å². The SMILES string of the molecule is CC(C)c1ncc(SC2CCCCC2)c(C(=O)O)n1. The van der Waals surface area contributed by atoms with Crippen LogP contribution < -0.4 is 0 Å². The Morgan fingerprint density at radius 3 is 2.63 bits per heavy atom. The molecular formula is C14H20N2O2S. The van der Waals surface area contributed by atoms with Crippen molar-refractivity contribution in [1.29, 1.82) is 0 Å². The van der Waals surface area contributed by atoms with E-state index in [-0.39, 0.29) is 11.6 Å². The summed E-state index contributed by atoms with van der Waals surface area (Å²) in [6.07, 6.45) is 7.79. The molecule has 1 heterocycles. The summed E-state index contributed by atoms with van der Waals surface area (Å²) in [5.41, 5.74) is 0.161. The van der Waals surface area contributed by atoms with Gasteiger partial charge in [-0.05, 0) is 12.8 Å². The Labute approximate surface area is 118 Å². The molecule has 19 heavy (non-hydrogen) atoms. The lowest BCUT2D eigenvalue weighted by atomic mass is 10.0. The fourth-order valence-corrected chi connectivity index (χ4v) is 3.55. The van der Waals surface area contributed by atoms with Crippen molar-refractivity contribution in [3.63, 3.8) is 0 Å². The number of hydrogen-bond acceptors (Lipinski definition) is 4. The molecule has 4 nitrogen and oxygen atoms in total. The molecule has 1 saturated carbocycles. The smallest absolute Gasteiger partial charge is 0.355 e. The molecule has 0 aromatic carbocycles. The van der Waals surface area contributed by atoms with Crippen molar-refractivity contribution in [3.05, 3.63) is 17.7 Å². The zero-order chi connectivity index (χ0) is 13.8. The van der Waals surface area contributed by atoms with Crippen molar-refractivity contribution >= 4 is 17.7 Å². The number of nitrogens with zero attached hydrogens (tertiary/aromatic N) is 2. The lowest BCUT2D eigenvalue weighted by Crippen LogP contribution is -2.12. The average molecular weight is 280 g/mol. The second-order valence-electron chi connectivity index (χ2n) is 5.28. The largest absolute Gasteiger partial charge is 0.476 e. The van der Waals surface area contributed by atoms with E-state index in [1.54, 1.807) is 18.0 Å². The number of aromatic nitrogens is 2. The standard InChI is InChI=1S/C14H20N2O2S/c1-9(2)13-15-8-11(12(16-13)14(17)18)19-10-6-4-3-5-7-10/h8-10H,3-7H2,1-2H3,(H,17,18). The van der Waals surface area contributed by atoms with Crippen molar-refractivity contribution in [3.8, 4) is 0 Å². The van der Waals surface area contributed by atoms with Gasteiger partial charge >= 0.3 is 5.97 Å². The van der Waals surface area contributed by atoms with Gasteiger partial charge in [0.25, 0.3) is 0 Å². The van der Waals surface area contributed by atoms with Crippen molar-refractivity contribution in [1.82, 2.24) is 9.97 Å². The van der Waals surface area contributed by atoms with Gasteiger partial charge in [0.2, 0.25) is 0 Å². The van der Waals surface area contributed by atoms with E-state index in [1.807, 2.05) is 13.8 Å². The second-order valence-corrected chi connectivity index (χ2v) is 6.62. The van der Waals surface area contributed by atoms with Gasteiger partial charge < -0.3 is 5.11 Å². The molecule has 1 aromatic rings. The molecular weight excluding hydrogens is 260 g/mol. The molecule has 104 valence electrons. The van der Waals surface area contributed by atoms with Crippen molar-refractivity contribution in [2.45, 2.75) is 62.0 Å². The second kappa shape index (κ2) is 6.37. The van der Waals surface area contributed by atoms with Crippen LogP contribution in [-0.2, 0) is 0 Å². The minimum absolute atomic E-state index is 0.145. The Morgan fingerprint density at radius 2 is 2.05 bits per heavy atom. The number of rotatable bonds is 4. The Kier molecular flexibility index (Phi) is 4.80. The molecule has 0 aliphatic heterocycles. The summed E-state index contributed by atoms with van der Waals surface area (Å²) < 4.78 is 0. The Bertz CT molecular complexity index is 457. The third-order valence-electron chi connectivity index (χ3n) is 3.34. The zero-order valence-corrected chi connectivity index (χ0v) is 12.2. The summed E-state index contributed by atoms with van der Waals surface area (Å²) in [6.45, 7) is 3.93. The third-order valence-corrected chi connectivity index (χ3v) is 4.70. The molecule has 0 amide bonds. The molecule has 5 heteroatoms. The summed E-state index contributed by atoms with van der Waals surface area (Å²) in [7, 11) is 0. The summed E-state index contributed by atoms with van der Waals surface area (Å²) in [5, 5.41) is 9.81. The van der Waals surface area contributed by atoms with Crippen LogP contribution in [-0.4, -0.2) is 26.3 Å². The minimum atomic E-state index is -0.956. The van der Waals surface area contributed by atoms with Gasteiger partial charge in [-0.1, -0.05) is 33.1 Å². The van der Waals surface area contributed by atoms with Crippen LogP contribution in [0, 0.1) is 0 Å². The Hall–Kier alpha value is -1.10. The van der Waals surface area contributed by atoms with Gasteiger partial charge in [0.1, 0.15) is 5.82 Å². The van der Waals surface area contributed by atoms with Crippen LogP contribution in [0.4, 0.5) is 0 Å². The monoisotopic (exact) mass is 280 g/mol. The van der Waals surface area contributed by atoms with E-state index in [1.165, 1.54) is 19.3 Å². The van der Waals surface area contributed by atoms with Crippen molar-refractivity contribution < 1.29 is 9.90 Å². The highest BCUT2D eigenvalue weighted by Crippen LogP contribution is 2.34. The number of thioether (sulfide) groups is 1. The maximum atomic E-state index is 11.3. The summed E-state index contributed by atoms with van der Waals surface area (Å²) >= 11 is 1.63. The molecule has 1 N–H and O–H groups in total. The van der Waals surface area contributed by atoms with E-state index >= 15 is 0 Å². The molecule has 0 bridgehead atoms. The lowest BCUT2D eigenvalue weighted by Gasteiger charge is -2.21. The molecule has 1 aliphatic carbocycles. The first-order chi connectivity index (χ1) is 9.08. The molecule has 1 fully saturated rings. The number of carboxylic acids is 1. The molecule has 0 unspecified atom stereocenters. The number of aromatic carboxylic acids is 1. The number of hydrogen-bond donors (Lipinski definition) is 1. The summed E-state index contributed by atoms with van der Waals surface area (Å²) in [6, 6.07) is 0. The zero-order valence-electron chi connectivity index (χ0n) is 11.4. The quantitative estimate of drug-likeness (QED) is 0.910.